The van der Waals surface area contributed by atoms with Crippen molar-refractivity contribution in [3.63, 3.8) is 0 Å². The van der Waals surface area contributed by atoms with Crippen LogP contribution in [0.2, 0.25) is 0 Å². The highest BCUT2D eigenvalue weighted by atomic mass is 19.3. The minimum absolute atomic E-state index is 0.0430. The lowest BCUT2D eigenvalue weighted by molar-refractivity contribution is -0.122. The van der Waals surface area contributed by atoms with Crippen molar-refractivity contribution in [1.82, 2.24) is 15.8 Å². The molecule has 0 aromatic heterocycles. The molecule has 3 unspecified atom stereocenters. The third-order valence-electron chi connectivity index (χ3n) is 4.05. The Morgan fingerprint density at radius 1 is 1.37 bits per heavy atom. The van der Waals surface area contributed by atoms with E-state index in [4.69, 9.17) is 0 Å². The molecule has 2 rings (SSSR count). The molecule has 0 aromatic rings. The van der Waals surface area contributed by atoms with Gasteiger partial charge in [-0.3, -0.25) is 10.2 Å². The molecule has 2 N–H and O–H groups in total. The molecule has 2 fully saturated rings. The first-order chi connectivity index (χ1) is 8.90. The second-order valence-electron chi connectivity index (χ2n) is 5.94. The average molecular weight is 275 g/mol. The third-order valence-corrected chi connectivity index (χ3v) is 4.05. The van der Waals surface area contributed by atoms with Gasteiger partial charge in [-0.2, -0.15) is 0 Å². The molecular formula is C13H23F2N3O. The van der Waals surface area contributed by atoms with Gasteiger partial charge in [0.2, 0.25) is 5.91 Å². The number of rotatable bonds is 4. The molecule has 2 aliphatic rings. The van der Waals surface area contributed by atoms with E-state index in [1.54, 1.807) is 0 Å². The van der Waals surface area contributed by atoms with Crippen LogP contribution in [0.15, 0.2) is 0 Å². The van der Waals surface area contributed by atoms with E-state index in [2.05, 4.69) is 22.7 Å². The molecule has 1 amide bonds. The second-order valence-corrected chi connectivity index (χ2v) is 5.94. The summed E-state index contributed by atoms with van der Waals surface area (Å²) < 4.78 is 25.5. The third kappa shape index (κ3) is 4.11. The number of hydrogen-bond acceptors (Lipinski definition) is 3. The van der Waals surface area contributed by atoms with Crippen molar-refractivity contribution >= 4 is 5.91 Å². The van der Waals surface area contributed by atoms with Crippen molar-refractivity contribution in [2.24, 2.45) is 11.8 Å². The fourth-order valence-corrected chi connectivity index (χ4v) is 2.69. The summed E-state index contributed by atoms with van der Waals surface area (Å²) in [6, 6.07) is 0.0530. The van der Waals surface area contributed by atoms with Crippen LogP contribution in [0.4, 0.5) is 8.78 Å². The Labute approximate surface area is 112 Å². The van der Waals surface area contributed by atoms with Crippen molar-refractivity contribution in [3.8, 4) is 0 Å². The highest BCUT2D eigenvalue weighted by molar-refractivity contribution is 5.77. The first-order valence-electron chi connectivity index (χ1n) is 7.00. The number of carbonyl (C=O) groups is 1. The Kier molecular flexibility index (Phi) is 4.40. The van der Waals surface area contributed by atoms with E-state index in [-0.39, 0.29) is 24.8 Å². The van der Waals surface area contributed by atoms with Crippen LogP contribution in [-0.2, 0) is 4.79 Å². The summed E-state index contributed by atoms with van der Waals surface area (Å²) in [7, 11) is 1.86. The summed E-state index contributed by atoms with van der Waals surface area (Å²) in [6.45, 7) is 3.86. The van der Waals surface area contributed by atoms with Gasteiger partial charge in [0.15, 0.2) is 0 Å². The smallest absolute Gasteiger partial charge is 0.252 e. The summed E-state index contributed by atoms with van der Waals surface area (Å²) in [4.78, 5) is 11.8. The Hall–Kier alpha value is -0.750. The van der Waals surface area contributed by atoms with Gasteiger partial charge in [-0.15, -0.1) is 0 Å². The number of hydrogen-bond donors (Lipinski definition) is 2. The normalized spacial score (nSPS) is 34.6. The van der Waals surface area contributed by atoms with E-state index in [0.29, 0.717) is 5.92 Å². The number of carbonyl (C=O) groups excluding carboxylic acids is 1. The highest BCUT2D eigenvalue weighted by Crippen LogP contribution is 2.50. The Bertz CT molecular complexity index is 338. The SMILES string of the molecule is CNN1CC(C)CCC(NC(=O)CC2CC2(F)F)C1. The van der Waals surface area contributed by atoms with Crippen LogP contribution in [-0.4, -0.2) is 43.0 Å². The number of hydrazine groups is 1. The van der Waals surface area contributed by atoms with E-state index in [9.17, 15) is 13.6 Å². The van der Waals surface area contributed by atoms with Gasteiger partial charge < -0.3 is 5.32 Å². The lowest BCUT2D eigenvalue weighted by atomic mass is 10.0. The standard InChI is InChI=1S/C13H23F2N3O/c1-9-3-4-11(8-18(7-9)16-2)17-12(19)5-10-6-13(10,14)15/h9-11,16H,3-8H2,1-2H3,(H,17,19). The van der Waals surface area contributed by atoms with Crippen molar-refractivity contribution in [2.45, 2.75) is 44.6 Å². The zero-order valence-corrected chi connectivity index (χ0v) is 11.6. The summed E-state index contributed by atoms with van der Waals surface area (Å²) in [6.07, 6.45) is 1.78. The van der Waals surface area contributed by atoms with Gasteiger partial charge in [0, 0.05) is 37.9 Å². The van der Waals surface area contributed by atoms with Crippen LogP contribution >= 0.6 is 0 Å². The number of nitrogens with one attached hydrogen (secondary N) is 2. The summed E-state index contributed by atoms with van der Waals surface area (Å²) in [5.41, 5.74) is 3.11. The second kappa shape index (κ2) is 5.71. The van der Waals surface area contributed by atoms with Crippen LogP contribution in [0.5, 0.6) is 0 Å². The lowest BCUT2D eigenvalue weighted by Gasteiger charge is -2.24. The van der Waals surface area contributed by atoms with E-state index in [1.807, 2.05) is 7.05 Å². The van der Waals surface area contributed by atoms with Crippen LogP contribution in [0.25, 0.3) is 0 Å². The zero-order valence-electron chi connectivity index (χ0n) is 11.6. The summed E-state index contributed by atoms with van der Waals surface area (Å²) >= 11 is 0. The maximum atomic E-state index is 12.8. The number of halogens is 2. The average Bonchev–Trinajstić information content (AvgIpc) is 2.96. The highest BCUT2D eigenvalue weighted by Gasteiger charge is 2.57. The molecule has 4 nitrogen and oxygen atoms in total. The van der Waals surface area contributed by atoms with E-state index >= 15 is 0 Å². The molecule has 0 aromatic carbocycles. The fraction of sp³-hybridized carbons (Fsp3) is 0.923. The predicted octanol–water partition coefficient (Wildman–Crippen LogP) is 1.38. The molecule has 1 heterocycles. The van der Waals surface area contributed by atoms with Gasteiger partial charge in [0.25, 0.3) is 5.92 Å². The maximum Gasteiger partial charge on any atom is 0.252 e. The van der Waals surface area contributed by atoms with Gasteiger partial charge in [-0.1, -0.05) is 6.92 Å². The molecule has 0 spiro atoms. The predicted molar refractivity (Wildman–Crippen MR) is 68.6 cm³/mol. The molecule has 3 atom stereocenters. The van der Waals surface area contributed by atoms with Gasteiger partial charge in [-0.25, -0.2) is 13.8 Å². The zero-order chi connectivity index (χ0) is 14.0. The van der Waals surface area contributed by atoms with Crippen molar-refractivity contribution in [1.29, 1.82) is 0 Å². The van der Waals surface area contributed by atoms with Gasteiger partial charge in [-0.05, 0) is 25.8 Å². The first-order valence-corrected chi connectivity index (χ1v) is 7.00. The van der Waals surface area contributed by atoms with Crippen LogP contribution in [0.3, 0.4) is 0 Å². The van der Waals surface area contributed by atoms with Gasteiger partial charge in [0.1, 0.15) is 0 Å². The Balaban J connectivity index is 1.79. The monoisotopic (exact) mass is 275 g/mol. The van der Waals surface area contributed by atoms with E-state index in [0.717, 1.165) is 25.9 Å². The molecule has 1 saturated carbocycles. The number of nitrogens with zero attached hydrogens (tertiary/aromatic N) is 1. The molecule has 0 radical (unpaired) electrons. The number of amides is 1. The quantitative estimate of drug-likeness (QED) is 0.815. The van der Waals surface area contributed by atoms with Gasteiger partial charge >= 0.3 is 0 Å². The molecule has 110 valence electrons. The van der Waals surface area contributed by atoms with Crippen molar-refractivity contribution < 1.29 is 13.6 Å². The summed E-state index contributed by atoms with van der Waals surface area (Å²) in [5, 5.41) is 4.98. The van der Waals surface area contributed by atoms with E-state index in [1.165, 1.54) is 0 Å². The van der Waals surface area contributed by atoms with Crippen LogP contribution < -0.4 is 10.7 Å². The largest absolute Gasteiger partial charge is 0.352 e. The molecule has 6 heteroatoms. The van der Waals surface area contributed by atoms with E-state index < -0.39 is 11.8 Å². The fourth-order valence-electron chi connectivity index (χ4n) is 2.69. The summed E-state index contributed by atoms with van der Waals surface area (Å²) in [5.74, 6) is -3.01. The molecule has 1 aliphatic carbocycles. The van der Waals surface area contributed by atoms with Gasteiger partial charge in [0.05, 0.1) is 0 Å². The molecule has 1 aliphatic heterocycles. The molecule has 1 saturated heterocycles. The van der Waals surface area contributed by atoms with Crippen molar-refractivity contribution in [3.05, 3.63) is 0 Å². The number of alkyl halides is 2. The Morgan fingerprint density at radius 2 is 2.05 bits per heavy atom. The molecular weight excluding hydrogens is 252 g/mol. The lowest BCUT2D eigenvalue weighted by Crippen LogP contribution is -2.47. The minimum atomic E-state index is -2.60. The minimum Gasteiger partial charge on any atom is -0.352 e. The topological polar surface area (TPSA) is 44.4 Å². The Morgan fingerprint density at radius 3 is 2.63 bits per heavy atom. The van der Waals surface area contributed by atoms with Crippen molar-refractivity contribution in [2.75, 3.05) is 20.1 Å². The maximum absolute atomic E-state index is 12.8. The first kappa shape index (κ1) is 14.7. The van der Waals surface area contributed by atoms with Crippen LogP contribution in [0.1, 0.15) is 32.6 Å². The van der Waals surface area contributed by atoms with Crippen LogP contribution in [0, 0.1) is 11.8 Å². The molecule has 19 heavy (non-hydrogen) atoms. The molecule has 0 bridgehead atoms.